The first-order valence-electron chi connectivity index (χ1n) is 7.71. The summed E-state index contributed by atoms with van der Waals surface area (Å²) in [6, 6.07) is 11.6. The number of hydrogen-bond acceptors (Lipinski definition) is 4. The lowest BCUT2D eigenvalue weighted by Gasteiger charge is -2.09. The number of rotatable bonds is 3. The zero-order valence-electron chi connectivity index (χ0n) is 13.8. The molecule has 5 nitrogen and oxygen atoms in total. The van der Waals surface area contributed by atoms with Crippen LogP contribution in [0.1, 0.15) is 11.3 Å². The molecule has 0 spiro atoms. The van der Waals surface area contributed by atoms with Crippen LogP contribution in [0.2, 0.25) is 0 Å². The van der Waals surface area contributed by atoms with Gasteiger partial charge in [0.2, 0.25) is 5.88 Å². The fourth-order valence-corrected chi connectivity index (χ4v) is 2.84. The van der Waals surface area contributed by atoms with Crippen molar-refractivity contribution in [2.75, 3.05) is 7.11 Å². The summed E-state index contributed by atoms with van der Waals surface area (Å²) >= 11 is 0. The summed E-state index contributed by atoms with van der Waals surface area (Å²) in [6.45, 7) is 4.17. The highest BCUT2D eigenvalue weighted by atomic mass is 16.5. The molecule has 0 aliphatic rings. The molecule has 4 rings (SSSR count). The first-order chi connectivity index (χ1) is 11.7. The van der Waals surface area contributed by atoms with Gasteiger partial charge >= 0.3 is 0 Å². The molecule has 2 aromatic carbocycles. The molecule has 0 saturated heterocycles. The smallest absolute Gasteiger partial charge is 0.230 e. The molecule has 2 heterocycles. The van der Waals surface area contributed by atoms with E-state index in [1.165, 1.54) is 17.6 Å². The summed E-state index contributed by atoms with van der Waals surface area (Å²) in [5, 5.41) is 1.97. The van der Waals surface area contributed by atoms with Gasteiger partial charge < -0.3 is 14.5 Å². The molecule has 1 N–H and O–H groups in total. The molecule has 0 fully saturated rings. The Balaban J connectivity index is 1.80. The van der Waals surface area contributed by atoms with Crippen LogP contribution in [-0.4, -0.2) is 22.1 Å². The van der Waals surface area contributed by atoms with E-state index in [2.05, 4.69) is 28.8 Å². The molecule has 2 aromatic heterocycles. The molecule has 0 radical (unpaired) electrons. The Morgan fingerprint density at radius 2 is 1.71 bits per heavy atom. The highest BCUT2D eigenvalue weighted by Gasteiger charge is 2.10. The molecule has 0 atom stereocenters. The number of aromatic nitrogens is 3. The van der Waals surface area contributed by atoms with Crippen LogP contribution in [0.4, 0.5) is 0 Å². The second-order valence-electron chi connectivity index (χ2n) is 5.75. The van der Waals surface area contributed by atoms with E-state index in [0.717, 1.165) is 33.3 Å². The number of nitrogens with zero attached hydrogens (tertiary/aromatic N) is 2. The average Bonchev–Trinajstić information content (AvgIpc) is 2.89. The highest BCUT2D eigenvalue weighted by Crippen LogP contribution is 2.32. The molecule has 24 heavy (non-hydrogen) atoms. The maximum Gasteiger partial charge on any atom is 0.230 e. The molecule has 5 heteroatoms. The largest absolute Gasteiger partial charge is 0.497 e. The van der Waals surface area contributed by atoms with Gasteiger partial charge in [-0.25, -0.2) is 9.97 Å². The van der Waals surface area contributed by atoms with E-state index in [-0.39, 0.29) is 0 Å². The van der Waals surface area contributed by atoms with Gasteiger partial charge in [0.05, 0.1) is 18.0 Å². The predicted octanol–water partition coefficient (Wildman–Crippen LogP) is 4.53. The number of methoxy groups -OCH3 is 1. The van der Waals surface area contributed by atoms with Crippen LogP contribution in [0.5, 0.6) is 17.4 Å². The maximum atomic E-state index is 6.04. The Morgan fingerprint density at radius 3 is 2.54 bits per heavy atom. The van der Waals surface area contributed by atoms with Crippen molar-refractivity contribution in [3.63, 3.8) is 0 Å². The van der Waals surface area contributed by atoms with Crippen molar-refractivity contribution in [3.8, 4) is 17.4 Å². The Bertz CT molecular complexity index is 1050. The van der Waals surface area contributed by atoms with Crippen molar-refractivity contribution in [2.24, 2.45) is 0 Å². The van der Waals surface area contributed by atoms with E-state index < -0.39 is 0 Å². The standard InChI is InChI=1S/C19H17N3O2/c1-11-12(2)22-18-7-5-14(9-15(11)18)24-19-16-8-13(23-3)4-6-17(16)20-10-21-19/h4-10,22H,1-3H3. The zero-order valence-corrected chi connectivity index (χ0v) is 13.8. The Hall–Kier alpha value is -3.08. The van der Waals surface area contributed by atoms with Crippen molar-refractivity contribution >= 4 is 21.8 Å². The summed E-state index contributed by atoms with van der Waals surface area (Å²) < 4.78 is 11.3. The van der Waals surface area contributed by atoms with Crippen molar-refractivity contribution in [1.29, 1.82) is 0 Å². The second kappa shape index (κ2) is 5.53. The molecule has 0 amide bonds. The SMILES string of the molecule is COc1ccc2ncnc(Oc3ccc4[nH]c(C)c(C)c4c3)c2c1. The van der Waals surface area contributed by atoms with Gasteiger partial charge in [0.15, 0.2) is 0 Å². The molecular formula is C19H17N3O2. The number of nitrogens with one attached hydrogen (secondary N) is 1. The van der Waals surface area contributed by atoms with Crippen LogP contribution >= 0.6 is 0 Å². The van der Waals surface area contributed by atoms with E-state index in [1.807, 2.05) is 36.4 Å². The number of fused-ring (bicyclic) bond motifs is 2. The van der Waals surface area contributed by atoms with Gasteiger partial charge in [0.25, 0.3) is 0 Å². The number of ether oxygens (including phenoxy) is 2. The second-order valence-corrected chi connectivity index (χ2v) is 5.75. The van der Waals surface area contributed by atoms with E-state index >= 15 is 0 Å². The highest BCUT2D eigenvalue weighted by molar-refractivity contribution is 5.87. The molecule has 0 aliphatic carbocycles. The zero-order chi connectivity index (χ0) is 16.7. The summed E-state index contributed by atoms with van der Waals surface area (Å²) in [5.41, 5.74) is 4.31. The molecule has 0 aliphatic heterocycles. The monoisotopic (exact) mass is 319 g/mol. The van der Waals surface area contributed by atoms with E-state index in [9.17, 15) is 0 Å². The fourth-order valence-electron chi connectivity index (χ4n) is 2.84. The fraction of sp³-hybridized carbons (Fsp3) is 0.158. The van der Waals surface area contributed by atoms with Gasteiger partial charge in [-0.05, 0) is 55.8 Å². The summed E-state index contributed by atoms with van der Waals surface area (Å²) in [7, 11) is 1.64. The maximum absolute atomic E-state index is 6.04. The van der Waals surface area contributed by atoms with Crippen molar-refractivity contribution in [1.82, 2.24) is 15.0 Å². The minimum absolute atomic E-state index is 0.517. The van der Waals surface area contributed by atoms with Crippen molar-refractivity contribution in [2.45, 2.75) is 13.8 Å². The van der Waals surface area contributed by atoms with E-state index in [4.69, 9.17) is 9.47 Å². The predicted molar refractivity (Wildman–Crippen MR) is 93.9 cm³/mol. The number of aryl methyl sites for hydroxylation is 2. The number of H-pyrrole nitrogens is 1. The van der Waals surface area contributed by atoms with Crippen molar-refractivity contribution in [3.05, 3.63) is 54.0 Å². The quantitative estimate of drug-likeness (QED) is 0.603. The van der Waals surface area contributed by atoms with Crippen molar-refractivity contribution < 1.29 is 9.47 Å². The molecule has 0 bridgehead atoms. The number of aromatic amines is 1. The van der Waals surface area contributed by atoms with Gasteiger partial charge in [-0.1, -0.05) is 0 Å². The first kappa shape index (κ1) is 14.5. The first-order valence-corrected chi connectivity index (χ1v) is 7.71. The summed E-state index contributed by atoms with van der Waals surface area (Å²) in [5.74, 6) is 2.00. The number of hydrogen-bond donors (Lipinski definition) is 1. The third-order valence-corrected chi connectivity index (χ3v) is 4.30. The van der Waals surface area contributed by atoms with Crippen LogP contribution in [0.3, 0.4) is 0 Å². The van der Waals surface area contributed by atoms with Gasteiger partial charge in [0.1, 0.15) is 17.8 Å². The van der Waals surface area contributed by atoms with Gasteiger partial charge in [-0.15, -0.1) is 0 Å². The van der Waals surface area contributed by atoms with Gasteiger partial charge in [-0.2, -0.15) is 0 Å². The molecule has 120 valence electrons. The van der Waals surface area contributed by atoms with Crippen LogP contribution < -0.4 is 9.47 Å². The Kier molecular flexibility index (Phi) is 3.34. The normalized spacial score (nSPS) is 11.1. The topological polar surface area (TPSA) is 60.0 Å². The Labute approximate surface area is 139 Å². The lowest BCUT2D eigenvalue weighted by atomic mass is 10.1. The van der Waals surface area contributed by atoms with Crippen LogP contribution in [0, 0.1) is 13.8 Å². The van der Waals surface area contributed by atoms with Crippen LogP contribution in [0.25, 0.3) is 21.8 Å². The minimum atomic E-state index is 0.517. The number of benzene rings is 2. The summed E-state index contributed by atoms with van der Waals surface area (Å²) in [4.78, 5) is 11.9. The molecule has 4 aromatic rings. The summed E-state index contributed by atoms with van der Waals surface area (Å²) in [6.07, 6.45) is 1.51. The van der Waals surface area contributed by atoms with E-state index in [1.54, 1.807) is 7.11 Å². The lowest BCUT2D eigenvalue weighted by molar-refractivity contribution is 0.415. The van der Waals surface area contributed by atoms with E-state index in [0.29, 0.717) is 5.88 Å². The van der Waals surface area contributed by atoms with Gasteiger partial charge in [-0.3, -0.25) is 0 Å². The molecule has 0 unspecified atom stereocenters. The third kappa shape index (κ3) is 2.34. The lowest BCUT2D eigenvalue weighted by Crippen LogP contribution is -1.92. The van der Waals surface area contributed by atoms with Crippen LogP contribution in [-0.2, 0) is 0 Å². The van der Waals surface area contributed by atoms with Gasteiger partial charge in [0, 0.05) is 16.6 Å². The molecular weight excluding hydrogens is 302 g/mol. The molecule has 0 saturated carbocycles. The van der Waals surface area contributed by atoms with Crippen LogP contribution in [0.15, 0.2) is 42.7 Å². The third-order valence-electron chi connectivity index (χ3n) is 4.30. The Morgan fingerprint density at radius 1 is 0.917 bits per heavy atom. The minimum Gasteiger partial charge on any atom is -0.497 e. The average molecular weight is 319 g/mol.